The summed E-state index contributed by atoms with van der Waals surface area (Å²) in [6, 6.07) is 6.13. The van der Waals surface area contributed by atoms with E-state index < -0.39 is 5.97 Å². The fraction of sp³-hybridized carbons (Fsp3) is 0.0833. The van der Waals surface area contributed by atoms with Gasteiger partial charge in [0.25, 0.3) is 5.91 Å². The summed E-state index contributed by atoms with van der Waals surface area (Å²) in [6.07, 6.45) is 0. The second kappa shape index (κ2) is 4.66. The summed E-state index contributed by atoms with van der Waals surface area (Å²) in [5.74, 6) is -1.15. The molecular formula is C12H10N2O3S. The zero-order chi connectivity index (χ0) is 13.3. The molecule has 1 aliphatic rings. The molecule has 2 rings (SSSR count). The molecule has 5 nitrogen and oxygen atoms in total. The van der Waals surface area contributed by atoms with Crippen molar-refractivity contribution in [2.45, 2.75) is 0 Å². The van der Waals surface area contributed by atoms with Gasteiger partial charge >= 0.3 is 5.97 Å². The summed E-state index contributed by atoms with van der Waals surface area (Å²) in [5, 5.41) is 9.30. The van der Waals surface area contributed by atoms with Crippen LogP contribution in [0.1, 0.15) is 10.4 Å². The monoisotopic (exact) mass is 262 g/mol. The van der Waals surface area contributed by atoms with Gasteiger partial charge in [-0.25, -0.2) is 9.79 Å². The third kappa shape index (κ3) is 2.28. The molecule has 1 aromatic carbocycles. The first-order valence-electron chi connectivity index (χ1n) is 5.06. The Kier molecular flexibility index (Phi) is 3.20. The van der Waals surface area contributed by atoms with Crippen LogP contribution < -0.4 is 0 Å². The van der Waals surface area contributed by atoms with Crippen LogP contribution in [0.4, 0.5) is 5.69 Å². The van der Waals surface area contributed by atoms with Gasteiger partial charge in [0.2, 0.25) is 0 Å². The molecule has 1 amide bonds. The average molecular weight is 262 g/mol. The maximum atomic E-state index is 11.5. The molecule has 0 aliphatic carbocycles. The van der Waals surface area contributed by atoms with Crippen LogP contribution in [0, 0.1) is 0 Å². The number of carboxylic acids is 1. The number of amidine groups is 1. The summed E-state index contributed by atoms with van der Waals surface area (Å²) in [4.78, 5) is 28.3. The lowest BCUT2D eigenvalue weighted by Crippen LogP contribution is -2.23. The topological polar surface area (TPSA) is 70.0 Å². The number of carbonyl (C=O) groups excluding carboxylic acids is 1. The number of likely N-dealkylation sites (N-methyl/N-ethyl adjacent to an activating group) is 1. The van der Waals surface area contributed by atoms with E-state index in [4.69, 9.17) is 5.11 Å². The molecule has 0 saturated carbocycles. The fourth-order valence-corrected chi connectivity index (χ4v) is 2.20. The summed E-state index contributed by atoms with van der Waals surface area (Å²) in [5.41, 5.74) is 0.795. The zero-order valence-electron chi connectivity index (χ0n) is 9.58. The van der Waals surface area contributed by atoms with Gasteiger partial charge in [-0.15, -0.1) is 0 Å². The number of nitrogens with zero attached hydrogens (tertiary/aromatic N) is 2. The lowest BCUT2D eigenvalue weighted by Gasteiger charge is -2.07. The zero-order valence-corrected chi connectivity index (χ0v) is 10.4. The number of amides is 1. The molecular weight excluding hydrogens is 252 g/mol. The predicted octanol–water partition coefficient (Wildman–Crippen LogP) is 2.09. The number of thioether (sulfide) groups is 1. The number of aromatic carboxylic acids is 1. The van der Waals surface area contributed by atoms with Crippen molar-refractivity contribution in [3.05, 3.63) is 41.3 Å². The number of hydrogen-bond acceptors (Lipinski definition) is 4. The van der Waals surface area contributed by atoms with Gasteiger partial charge < -0.3 is 5.11 Å². The first kappa shape index (κ1) is 12.4. The minimum Gasteiger partial charge on any atom is -0.478 e. The molecule has 0 bridgehead atoms. The van der Waals surface area contributed by atoms with E-state index in [0.29, 0.717) is 15.8 Å². The largest absolute Gasteiger partial charge is 0.478 e. The Hall–Kier alpha value is -2.08. The van der Waals surface area contributed by atoms with Gasteiger partial charge in [0.1, 0.15) is 0 Å². The highest BCUT2D eigenvalue weighted by molar-refractivity contribution is 8.18. The van der Waals surface area contributed by atoms with Crippen LogP contribution in [0.15, 0.2) is 40.7 Å². The summed E-state index contributed by atoms with van der Waals surface area (Å²) >= 11 is 1.20. The van der Waals surface area contributed by atoms with Crippen LogP contribution in [0.2, 0.25) is 0 Å². The molecule has 0 radical (unpaired) electrons. The molecule has 6 heteroatoms. The molecule has 0 spiro atoms. The number of hydrogen-bond donors (Lipinski definition) is 1. The van der Waals surface area contributed by atoms with Crippen molar-refractivity contribution in [2.24, 2.45) is 4.99 Å². The second-order valence-corrected chi connectivity index (χ2v) is 4.70. The van der Waals surface area contributed by atoms with Crippen LogP contribution in [0.3, 0.4) is 0 Å². The SMILES string of the molecule is C=C1S/C(=N/c2ccc(C(=O)O)cc2)N(C)C1=O. The Morgan fingerprint density at radius 1 is 1.39 bits per heavy atom. The number of carboxylic acid groups (broad SMARTS) is 1. The number of benzene rings is 1. The van der Waals surface area contributed by atoms with E-state index in [2.05, 4.69) is 11.6 Å². The van der Waals surface area contributed by atoms with E-state index >= 15 is 0 Å². The summed E-state index contributed by atoms with van der Waals surface area (Å²) in [6.45, 7) is 3.63. The molecule has 1 heterocycles. The highest BCUT2D eigenvalue weighted by Crippen LogP contribution is 2.30. The highest BCUT2D eigenvalue weighted by Gasteiger charge is 2.28. The van der Waals surface area contributed by atoms with E-state index in [1.54, 1.807) is 19.2 Å². The summed E-state index contributed by atoms with van der Waals surface area (Å²) < 4.78 is 0. The van der Waals surface area contributed by atoms with E-state index in [1.165, 1.54) is 28.8 Å². The van der Waals surface area contributed by atoms with Gasteiger partial charge in [0, 0.05) is 7.05 Å². The van der Waals surface area contributed by atoms with Gasteiger partial charge in [-0.2, -0.15) is 0 Å². The Balaban J connectivity index is 2.26. The van der Waals surface area contributed by atoms with Crippen LogP contribution in [0.5, 0.6) is 0 Å². The Labute approximate surface area is 108 Å². The molecule has 18 heavy (non-hydrogen) atoms. The van der Waals surface area contributed by atoms with E-state index in [0.717, 1.165) is 0 Å². The smallest absolute Gasteiger partial charge is 0.335 e. The van der Waals surface area contributed by atoms with Crippen LogP contribution in [-0.4, -0.2) is 34.1 Å². The quantitative estimate of drug-likeness (QED) is 0.828. The highest BCUT2D eigenvalue weighted by atomic mass is 32.2. The van der Waals surface area contributed by atoms with Crippen LogP contribution >= 0.6 is 11.8 Å². The molecule has 0 aromatic heterocycles. The standard InChI is InChI=1S/C12H10N2O3S/c1-7-10(15)14(2)12(18-7)13-9-5-3-8(4-6-9)11(16)17/h3-6H,1H2,2H3,(H,16,17)/b13-12+. The van der Waals surface area contributed by atoms with Crippen molar-refractivity contribution in [1.29, 1.82) is 0 Å². The molecule has 1 saturated heterocycles. The van der Waals surface area contributed by atoms with Gasteiger partial charge in [0.05, 0.1) is 16.2 Å². The maximum Gasteiger partial charge on any atom is 0.335 e. The van der Waals surface area contributed by atoms with Crippen molar-refractivity contribution in [3.8, 4) is 0 Å². The average Bonchev–Trinajstić information content (AvgIpc) is 2.58. The Bertz CT molecular complexity index is 563. The molecule has 0 unspecified atom stereocenters. The first-order valence-corrected chi connectivity index (χ1v) is 5.87. The van der Waals surface area contributed by atoms with Crippen LogP contribution in [0.25, 0.3) is 0 Å². The normalized spacial score (nSPS) is 17.6. The summed E-state index contributed by atoms with van der Waals surface area (Å²) in [7, 11) is 1.62. The van der Waals surface area contributed by atoms with E-state index in [9.17, 15) is 9.59 Å². The third-order valence-corrected chi connectivity index (χ3v) is 3.35. The molecule has 1 N–H and O–H groups in total. The lowest BCUT2D eigenvalue weighted by molar-refractivity contribution is -0.121. The third-order valence-electron chi connectivity index (χ3n) is 2.38. The van der Waals surface area contributed by atoms with Gasteiger partial charge in [-0.1, -0.05) is 6.58 Å². The maximum absolute atomic E-state index is 11.5. The molecule has 0 atom stereocenters. The number of carbonyl (C=O) groups is 2. The molecule has 1 aromatic rings. The van der Waals surface area contributed by atoms with E-state index in [1.807, 2.05) is 0 Å². The molecule has 1 aliphatic heterocycles. The number of rotatable bonds is 2. The number of aliphatic imine (C=N–C) groups is 1. The van der Waals surface area contributed by atoms with Gasteiger partial charge in [-0.05, 0) is 36.0 Å². The van der Waals surface area contributed by atoms with Crippen molar-refractivity contribution < 1.29 is 14.7 Å². The predicted molar refractivity (Wildman–Crippen MR) is 70.0 cm³/mol. The van der Waals surface area contributed by atoms with Gasteiger partial charge in [-0.3, -0.25) is 9.69 Å². The van der Waals surface area contributed by atoms with Crippen molar-refractivity contribution in [1.82, 2.24) is 4.90 Å². The second-order valence-electron chi connectivity index (χ2n) is 3.64. The Morgan fingerprint density at radius 2 is 2.00 bits per heavy atom. The first-order chi connectivity index (χ1) is 8.49. The van der Waals surface area contributed by atoms with Crippen molar-refractivity contribution in [2.75, 3.05) is 7.05 Å². The molecule has 92 valence electrons. The van der Waals surface area contributed by atoms with Gasteiger partial charge in [0.15, 0.2) is 5.17 Å². The minimum atomic E-state index is -0.981. The molecule has 1 fully saturated rings. The fourth-order valence-electron chi connectivity index (χ4n) is 1.38. The minimum absolute atomic E-state index is 0.166. The van der Waals surface area contributed by atoms with E-state index in [-0.39, 0.29) is 11.5 Å². The van der Waals surface area contributed by atoms with Crippen LogP contribution in [-0.2, 0) is 4.79 Å². The van der Waals surface area contributed by atoms with Crippen molar-refractivity contribution in [3.63, 3.8) is 0 Å². The van der Waals surface area contributed by atoms with Crippen molar-refractivity contribution >= 4 is 34.5 Å². The Morgan fingerprint density at radius 3 is 2.44 bits per heavy atom. The lowest BCUT2D eigenvalue weighted by atomic mass is 10.2.